The van der Waals surface area contributed by atoms with Gasteiger partial charge in [-0.25, -0.2) is 5.90 Å². The lowest BCUT2D eigenvalue weighted by molar-refractivity contribution is -0.144. The number of phenolic OH excluding ortho intramolecular Hbond substituents is 2. The number of nitrogens with one attached hydrogen (secondary N) is 2. The van der Waals surface area contributed by atoms with E-state index < -0.39 is 23.2 Å². The molecule has 1 aromatic carbocycles. The minimum Gasteiger partial charge on any atom is -0.504 e. The van der Waals surface area contributed by atoms with Gasteiger partial charge < -0.3 is 10.2 Å². The Morgan fingerprint density at radius 2 is 1.80 bits per heavy atom. The summed E-state index contributed by atoms with van der Waals surface area (Å²) < 4.78 is 0. The summed E-state index contributed by atoms with van der Waals surface area (Å²) in [6.07, 6.45) is 0. The van der Waals surface area contributed by atoms with Crippen LogP contribution >= 0.6 is 12.4 Å². The molecule has 0 saturated carbocycles. The van der Waals surface area contributed by atoms with Crippen LogP contribution in [0.3, 0.4) is 0 Å². The highest BCUT2D eigenvalue weighted by Crippen LogP contribution is 2.24. The highest BCUT2D eigenvalue weighted by molar-refractivity contribution is 5.96. The highest BCUT2D eigenvalue weighted by atomic mass is 35.5. The van der Waals surface area contributed by atoms with Gasteiger partial charge in [-0.2, -0.15) is 0 Å². The Kier molecular flexibility index (Phi) is 6.24. The van der Waals surface area contributed by atoms with Gasteiger partial charge in [-0.1, -0.05) is 0 Å². The van der Waals surface area contributed by atoms with E-state index in [0.29, 0.717) is 0 Å². The molecule has 112 valence electrons. The zero-order valence-corrected chi connectivity index (χ0v) is 11.7. The van der Waals surface area contributed by atoms with Crippen molar-refractivity contribution in [2.24, 2.45) is 5.90 Å². The number of amides is 2. The third-order valence-corrected chi connectivity index (χ3v) is 2.37. The van der Waals surface area contributed by atoms with Crippen LogP contribution in [-0.2, 0) is 9.63 Å². The lowest BCUT2D eigenvalue weighted by atomic mass is 10.1. The average Bonchev–Trinajstić information content (AvgIpc) is 2.38. The average molecular weight is 306 g/mol. The molecule has 0 radical (unpaired) electrons. The number of aromatic hydroxyl groups is 2. The van der Waals surface area contributed by atoms with Crippen LogP contribution in [0, 0.1) is 0 Å². The lowest BCUT2D eigenvalue weighted by Gasteiger charge is -2.20. The van der Waals surface area contributed by atoms with Crippen molar-refractivity contribution in [2.75, 3.05) is 0 Å². The second-order valence-electron chi connectivity index (χ2n) is 4.24. The topological polar surface area (TPSA) is 134 Å². The summed E-state index contributed by atoms with van der Waals surface area (Å²) in [5, 5.41) is 18.3. The molecular weight excluding hydrogens is 290 g/mol. The van der Waals surface area contributed by atoms with Crippen molar-refractivity contribution in [1.82, 2.24) is 10.9 Å². The first-order chi connectivity index (χ1) is 8.77. The van der Waals surface area contributed by atoms with Gasteiger partial charge in [0.15, 0.2) is 17.1 Å². The monoisotopic (exact) mass is 305 g/mol. The van der Waals surface area contributed by atoms with Gasteiger partial charge in [0.05, 0.1) is 0 Å². The predicted octanol–water partition coefficient (Wildman–Crippen LogP) is -0.0505. The summed E-state index contributed by atoms with van der Waals surface area (Å²) in [6, 6.07) is 3.49. The van der Waals surface area contributed by atoms with E-state index in [-0.39, 0.29) is 23.7 Å². The molecule has 0 atom stereocenters. The van der Waals surface area contributed by atoms with Crippen molar-refractivity contribution in [3.05, 3.63) is 23.8 Å². The van der Waals surface area contributed by atoms with Gasteiger partial charge in [0.2, 0.25) is 0 Å². The van der Waals surface area contributed by atoms with Crippen LogP contribution in [0.4, 0.5) is 0 Å². The maximum atomic E-state index is 11.6. The zero-order valence-electron chi connectivity index (χ0n) is 10.8. The molecule has 9 heteroatoms. The number of benzene rings is 1. The predicted molar refractivity (Wildman–Crippen MR) is 72.0 cm³/mol. The molecule has 1 rings (SSSR count). The number of halogens is 1. The summed E-state index contributed by atoms with van der Waals surface area (Å²) in [5.41, 5.74) is 2.99. The van der Waals surface area contributed by atoms with Crippen molar-refractivity contribution in [3.8, 4) is 11.5 Å². The number of nitrogens with two attached hydrogens (primary N) is 1. The van der Waals surface area contributed by atoms with Crippen molar-refractivity contribution in [1.29, 1.82) is 0 Å². The fourth-order valence-corrected chi connectivity index (χ4v) is 1.05. The molecule has 8 nitrogen and oxygen atoms in total. The summed E-state index contributed by atoms with van der Waals surface area (Å²) in [7, 11) is 0. The van der Waals surface area contributed by atoms with Gasteiger partial charge in [-0.3, -0.25) is 25.3 Å². The van der Waals surface area contributed by atoms with E-state index in [9.17, 15) is 14.7 Å². The fraction of sp³-hybridized carbons (Fsp3) is 0.273. The van der Waals surface area contributed by atoms with Crippen LogP contribution in [0.1, 0.15) is 24.2 Å². The van der Waals surface area contributed by atoms with Crippen LogP contribution < -0.4 is 16.7 Å². The number of hydrazine groups is 1. The van der Waals surface area contributed by atoms with Crippen molar-refractivity contribution in [3.63, 3.8) is 0 Å². The largest absolute Gasteiger partial charge is 0.504 e. The molecule has 0 aliphatic rings. The third kappa shape index (κ3) is 4.26. The van der Waals surface area contributed by atoms with Crippen LogP contribution in [0.5, 0.6) is 11.5 Å². The summed E-state index contributed by atoms with van der Waals surface area (Å²) in [4.78, 5) is 27.6. The van der Waals surface area contributed by atoms with E-state index >= 15 is 0 Å². The van der Waals surface area contributed by atoms with Gasteiger partial charge in [-0.15, -0.1) is 12.4 Å². The van der Waals surface area contributed by atoms with Crippen LogP contribution in [0.2, 0.25) is 0 Å². The molecule has 0 fully saturated rings. The van der Waals surface area contributed by atoms with Crippen molar-refractivity contribution in [2.45, 2.75) is 19.4 Å². The Hall–Kier alpha value is -2.03. The Morgan fingerprint density at radius 1 is 1.20 bits per heavy atom. The number of carbonyl (C=O) groups is 2. The SMILES string of the molecule is CC(C)(ON)C(=O)NNC(=O)c1ccc(O)c(O)c1.Cl. The number of rotatable bonds is 3. The molecule has 20 heavy (non-hydrogen) atoms. The molecule has 0 aromatic heterocycles. The molecule has 0 spiro atoms. The smallest absolute Gasteiger partial charge is 0.272 e. The molecule has 0 aliphatic heterocycles. The number of hydrogen-bond acceptors (Lipinski definition) is 6. The first-order valence-electron chi connectivity index (χ1n) is 5.28. The minimum absolute atomic E-state index is 0. The van der Waals surface area contributed by atoms with E-state index in [1.807, 2.05) is 0 Å². The summed E-state index contributed by atoms with van der Waals surface area (Å²) in [6.45, 7) is 2.84. The first-order valence-corrected chi connectivity index (χ1v) is 5.28. The van der Waals surface area contributed by atoms with Crippen LogP contribution in [0.25, 0.3) is 0 Å². The van der Waals surface area contributed by atoms with E-state index in [1.165, 1.54) is 19.9 Å². The third-order valence-electron chi connectivity index (χ3n) is 2.37. The molecule has 0 bridgehead atoms. The van der Waals surface area contributed by atoms with E-state index in [2.05, 4.69) is 15.7 Å². The Labute approximate surface area is 121 Å². The highest BCUT2D eigenvalue weighted by Gasteiger charge is 2.28. The minimum atomic E-state index is -1.30. The Balaban J connectivity index is 0.00000361. The standard InChI is InChI=1S/C11H15N3O5.ClH/c1-11(2,19-12)10(18)14-13-9(17)6-3-4-7(15)8(16)5-6;/h3-5,15-16H,12H2,1-2H3,(H,13,17)(H,14,18);1H. The Bertz CT molecular complexity index is 507. The van der Waals surface area contributed by atoms with Crippen LogP contribution in [-0.4, -0.2) is 27.6 Å². The van der Waals surface area contributed by atoms with Gasteiger partial charge >= 0.3 is 0 Å². The zero-order chi connectivity index (χ0) is 14.6. The van der Waals surface area contributed by atoms with Gasteiger partial charge in [0, 0.05) is 5.56 Å². The molecule has 2 amide bonds. The molecule has 6 N–H and O–H groups in total. The maximum Gasteiger partial charge on any atom is 0.272 e. The molecule has 0 unspecified atom stereocenters. The van der Waals surface area contributed by atoms with Gasteiger partial charge in [-0.05, 0) is 32.0 Å². The summed E-state index contributed by atoms with van der Waals surface area (Å²) in [5.74, 6) is 2.82. The second-order valence-corrected chi connectivity index (χ2v) is 4.24. The van der Waals surface area contributed by atoms with Gasteiger partial charge in [0.25, 0.3) is 11.8 Å². The van der Waals surface area contributed by atoms with E-state index in [0.717, 1.165) is 12.1 Å². The van der Waals surface area contributed by atoms with Crippen LogP contribution in [0.15, 0.2) is 18.2 Å². The molecule has 1 aromatic rings. The van der Waals surface area contributed by atoms with Crippen molar-refractivity contribution >= 4 is 24.2 Å². The maximum absolute atomic E-state index is 11.6. The molecule has 0 aliphatic carbocycles. The number of phenols is 2. The normalized spacial score (nSPS) is 10.3. The van der Waals surface area contributed by atoms with Crippen molar-refractivity contribution < 1.29 is 24.6 Å². The van der Waals surface area contributed by atoms with E-state index in [4.69, 9.17) is 11.0 Å². The fourth-order valence-electron chi connectivity index (χ4n) is 1.05. The lowest BCUT2D eigenvalue weighted by Crippen LogP contribution is -2.52. The quantitative estimate of drug-likeness (QED) is 0.392. The molecule has 0 saturated heterocycles. The summed E-state index contributed by atoms with van der Waals surface area (Å²) >= 11 is 0. The van der Waals surface area contributed by atoms with E-state index in [1.54, 1.807) is 0 Å². The number of hydrogen-bond donors (Lipinski definition) is 5. The number of carbonyl (C=O) groups excluding carboxylic acids is 2. The first kappa shape index (κ1) is 18.0. The second kappa shape index (κ2) is 6.94. The molecular formula is C11H16ClN3O5. The molecule has 0 heterocycles. The van der Waals surface area contributed by atoms with Gasteiger partial charge in [0.1, 0.15) is 0 Å². The Morgan fingerprint density at radius 3 is 2.30 bits per heavy atom.